The number of carboxylic acid groups (broad SMARTS) is 1. The minimum Gasteiger partial charge on any atom is -0.497 e. The van der Waals surface area contributed by atoms with E-state index in [0.29, 0.717) is 17.3 Å². The Morgan fingerprint density at radius 2 is 1.78 bits per heavy atom. The van der Waals surface area contributed by atoms with E-state index in [1.165, 1.54) is 13.3 Å². The highest BCUT2D eigenvalue weighted by molar-refractivity contribution is 5.91. The molecule has 0 aliphatic heterocycles. The molecule has 0 saturated heterocycles. The van der Waals surface area contributed by atoms with Gasteiger partial charge in [0, 0.05) is 25.4 Å². The van der Waals surface area contributed by atoms with Crippen molar-refractivity contribution in [3.8, 4) is 17.2 Å². The lowest BCUT2D eigenvalue weighted by atomic mass is 10.2. The summed E-state index contributed by atoms with van der Waals surface area (Å²) in [6.07, 6.45) is 1.27. The number of aromatic nitrogens is 1. The van der Waals surface area contributed by atoms with Crippen LogP contribution < -0.4 is 19.1 Å². The van der Waals surface area contributed by atoms with E-state index >= 15 is 0 Å². The Hall–Kier alpha value is -2.96. The average Bonchev–Trinajstić information content (AvgIpc) is 2.59. The summed E-state index contributed by atoms with van der Waals surface area (Å²) < 4.78 is 15.7. The van der Waals surface area contributed by atoms with Gasteiger partial charge < -0.3 is 24.2 Å². The van der Waals surface area contributed by atoms with Crippen molar-refractivity contribution in [3.63, 3.8) is 0 Å². The number of hydrogen-bond donors (Lipinski definition) is 1. The van der Waals surface area contributed by atoms with Crippen molar-refractivity contribution < 1.29 is 24.1 Å². The number of methoxy groups -OCH3 is 3. The molecule has 0 aliphatic carbocycles. The van der Waals surface area contributed by atoms with Gasteiger partial charge in [-0.25, -0.2) is 9.78 Å². The maximum absolute atomic E-state index is 11.1. The van der Waals surface area contributed by atoms with Crippen LogP contribution in [0.3, 0.4) is 0 Å². The van der Waals surface area contributed by atoms with Crippen LogP contribution in [0.4, 0.5) is 11.5 Å². The molecule has 0 amide bonds. The highest BCUT2D eigenvalue weighted by atomic mass is 16.5. The van der Waals surface area contributed by atoms with Gasteiger partial charge in [0.15, 0.2) is 0 Å². The lowest BCUT2D eigenvalue weighted by molar-refractivity contribution is 0.0693. The fourth-order valence-electron chi connectivity index (χ4n) is 2.12. The van der Waals surface area contributed by atoms with Crippen molar-refractivity contribution in [1.82, 2.24) is 4.98 Å². The standard InChI is InChI=1S/C16H18N2O5/c1-18(12-6-5-10(21-2)7-14(12)23-4)15-8-13(22-3)11(9-17-15)16(19)20/h5-9H,1-4H3,(H,19,20). The van der Waals surface area contributed by atoms with Crippen molar-refractivity contribution in [3.05, 3.63) is 36.0 Å². The molecule has 2 rings (SSSR count). The lowest BCUT2D eigenvalue weighted by Crippen LogP contribution is -2.13. The second kappa shape index (κ2) is 6.87. The zero-order valence-electron chi connectivity index (χ0n) is 13.4. The number of pyridine rings is 1. The first-order valence-electron chi connectivity index (χ1n) is 6.75. The van der Waals surface area contributed by atoms with Crippen LogP contribution in [0.1, 0.15) is 10.4 Å². The van der Waals surface area contributed by atoms with Gasteiger partial charge in [-0.2, -0.15) is 0 Å². The lowest BCUT2D eigenvalue weighted by Gasteiger charge is -2.22. The zero-order chi connectivity index (χ0) is 17.0. The molecule has 2 aromatic rings. The number of nitrogens with zero attached hydrogens (tertiary/aromatic N) is 2. The van der Waals surface area contributed by atoms with E-state index in [2.05, 4.69) is 4.98 Å². The van der Waals surface area contributed by atoms with Gasteiger partial charge in [-0.15, -0.1) is 0 Å². The molecule has 7 nitrogen and oxygen atoms in total. The molecule has 0 aliphatic rings. The van der Waals surface area contributed by atoms with E-state index in [1.807, 2.05) is 6.07 Å². The molecular formula is C16H18N2O5. The van der Waals surface area contributed by atoms with E-state index < -0.39 is 5.97 Å². The number of ether oxygens (including phenoxy) is 3. The summed E-state index contributed by atoms with van der Waals surface area (Å²) in [4.78, 5) is 17.1. The SMILES string of the molecule is COc1ccc(N(C)c2cc(OC)c(C(=O)O)cn2)c(OC)c1. The van der Waals surface area contributed by atoms with Crippen LogP contribution in [0.25, 0.3) is 0 Å². The molecule has 122 valence electrons. The minimum atomic E-state index is -1.09. The summed E-state index contributed by atoms with van der Waals surface area (Å²) in [6.45, 7) is 0. The average molecular weight is 318 g/mol. The summed E-state index contributed by atoms with van der Waals surface area (Å²) in [5.74, 6) is 0.948. The summed E-state index contributed by atoms with van der Waals surface area (Å²) in [6, 6.07) is 6.95. The van der Waals surface area contributed by atoms with Gasteiger partial charge in [0.05, 0.1) is 27.0 Å². The van der Waals surface area contributed by atoms with E-state index in [4.69, 9.17) is 19.3 Å². The molecule has 1 aromatic heterocycles. The van der Waals surface area contributed by atoms with Gasteiger partial charge in [0.1, 0.15) is 28.6 Å². The van der Waals surface area contributed by atoms with Crippen molar-refractivity contribution >= 4 is 17.5 Å². The summed E-state index contributed by atoms with van der Waals surface area (Å²) >= 11 is 0. The Kier molecular flexibility index (Phi) is 4.90. The number of carbonyl (C=O) groups is 1. The monoisotopic (exact) mass is 318 g/mol. The van der Waals surface area contributed by atoms with Crippen LogP contribution in [0, 0.1) is 0 Å². The van der Waals surface area contributed by atoms with Crippen LogP contribution >= 0.6 is 0 Å². The Labute approximate surface area is 134 Å². The second-order valence-corrected chi connectivity index (χ2v) is 4.64. The number of aromatic carboxylic acids is 1. The highest BCUT2D eigenvalue weighted by Crippen LogP contribution is 2.35. The summed E-state index contributed by atoms with van der Waals surface area (Å²) in [5, 5.41) is 9.12. The van der Waals surface area contributed by atoms with Crippen LogP contribution in [-0.2, 0) is 0 Å². The Balaban J connectivity index is 2.44. The normalized spacial score (nSPS) is 10.1. The smallest absolute Gasteiger partial charge is 0.341 e. The van der Waals surface area contributed by atoms with E-state index in [1.54, 1.807) is 44.4 Å². The molecule has 0 bridgehead atoms. The summed E-state index contributed by atoms with van der Waals surface area (Å²) in [7, 11) is 6.36. The largest absolute Gasteiger partial charge is 0.497 e. The number of rotatable bonds is 6. The van der Waals surface area contributed by atoms with Gasteiger partial charge in [-0.1, -0.05) is 0 Å². The molecule has 0 saturated carbocycles. The molecule has 0 atom stereocenters. The van der Waals surface area contributed by atoms with Gasteiger partial charge in [-0.3, -0.25) is 0 Å². The third-order valence-electron chi connectivity index (χ3n) is 3.39. The second-order valence-electron chi connectivity index (χ2n) is 4.64. The van der Waals surface area contributed by atoms with Crippen molar-refractivity contribution in [2.24, 2.45) is 0 Å². The first kappa shape index (κ1) is 16.4. The third-order valence-corrected chi connectivity index (χ3v) is 3.39. The topological polar surface area (TPSA) is 81.1 Å². The van der Waals surface area contributed by atoms with E-state index in [9.17, 15) is 4.79 Å². The number of carboxylic acids is 1. The van der Waals surface area contributed by atoms with Gasteiger partial charge in [0.25, 0.3) is 0 Å². The Morgan fingerprint density at radius 3 is 2.35 bits per heavy atom. The number of anilines is 2. The van der Waals surface area contributed by atoms with Crippen LogP contribution in [0.15, 0.2) is 30.5 Å². The van der Waals surface area contributed by atoms with Gasteiger partial charge in [-0.05, 0) is 12.1 Å². The molecule has 0 radical (unpaired) electrons. The van der Waals surface area contributed by atoms with Crippen molar-refractivity contribution in [2.45, 2.75) is 0 Å². The fraction of sp³-hybridized carbons (Fsp3) is 0.250. The van der Waals surface area contributed by atoms with Crippen molar-refractivity contribution in [1.29, 1.82) is 0 Å². The molecule has 0 spiro atoms. The molecule has 1 N–H and O–H groups in total. The molecule has 1 aromatic carbocycles. The molecular weight excluding hydrogens is 300 g/mol. The first-order valence-corrected chi connectivity index (χ1v) is 6.75. The van der Waals surface area contributed by atoms with Crippen molar-refractivity contribution in [2.75, 3.05) is 33.3 Å². The first-order chi connectivity index (χ1) is 11.0. The quantitative estimate of drug-likeness (QED) is 0.876. The molecule has 1 heterocycles. The van der Waals surface area contributed by atoms with Crippen LogP contribution in [0.5, 0.6) is 17.2 Å². The molecule has 0 fully saturated rings. The number of hydrogen-bond acceptors (Lipinski definition) is 6. The minimum absolute atomic E-state index is 0.00588. The van der Waals surface area contributed by atoms with Gasteiger partial charge in [0.2, 0.25) is 0 Å². The third kappa shape index (κ3) is 3.28. The molecule has 7 heteroatoms. The maximum Gasteiger partial charge on any atom is 0.341 e. The zero-order valence-corrected chi connectivity index (χ0v) is 13.4. The van der Waals surface area contributed by atoms with Crippen LogP contribution in [-0.4, -0.2) is 44.4 Å². The van der Waals surface area contributed by atoms with Gasteiger partial charge >= 0.3 is 5.97 Å². The summed E-state index contributed by atoms with van der Waals surface area (Å²) in [5.41, 5.74) is 0.761. The van der Waals surface area contributed by atoms with E-state index in [-0.39, 0.29) is 11.3 Å². The van der Waals surface area contributed by atoms with Crippen LogP contribution in [0.2, 0.25) is 0 Å². The molecule has 0 unspecified atom stereocenters. The maximum atomic E-state index is 11.1. The Bertz CT molecular complexity index is 718. The predicted octanol–water partition coefficient (Wildman–Crippen LogP) is 2.57. The highest BCUT2D eigenvalue weighted by Gasteiger charge is 2.17. The number of benzene rings is 1. The van der Waals surface area contributed by atoms with E-state index in [0.717, 1.165) is 5.69 Å². The molecule has 23 heavy (non-hydrogen) atoms. The fourth-order valence-corrected chi connectivity index (χ4v) is 2.12. The Morgan fingerprint density at radius 1 is 1.09 bits per heavy atom. The predicted molar refractivity (Wildman–Crippen MR) is 85.4 cm³/mol.